The largest absolute Gasteiger partial charge is 0.433 e. The van der Waals surface area contributed by atoms with Gasteiger partial charge in [-0.3, -0.25) is 0 Å². The Morgan fingerprint density at radius 1 is 1.08 bits per heavy atom. The number of methoxy groups -OCH3 is 1. The van der Waals surface area contributed by atoms with Crippen molar-refractivity contribution in [2.45, 2.75) is 88.7 Å². The smallest absolute Gasteiger partial charge is 0.381 e. The fourth-order valence-electron chi connectivity index (χ4n) is 4.55. The Morgan fingerprint density at radius 3 is 2.42 bits per heavy atom. The van der Waals surface area contributed by atoms with Crippen LogP contribution < -0.4 is 0 Å². The maximum Gasteiger partial charge on any atom is 0.433 e. The van der Waals surface area contributed by atoms with Crippen molar-refractivity contribution in [3.05, 3.63) is 17.7 Å². The highest BCUT2D eigenvalue weighted by atomic mass is 19.4. The lowest BCUT2D eigenvalue weighted by atomic mass is 9.87. The summed E-state index contributed by atoms with van der Waals surface area (Å²) in [6, 6.07) is 0. The molecule has 7 heteroatoms. The zero-order valence-corrected chi connectivity index (χ0v) is 15.3. The molecule has 3 nitrogen and oxygen atoms in total. The summed E-state index contributed by atoms with van der Waals surface area (Å²) in [7, 11) is 1.64. The van der Waals surface area contributed by atoms with Gasteiger partial charge in [-0.15, -0.1) is 0 Å². The molecule has 148 valence electrons. The Morgan fingerprint density at radius 2 is 1.77 bits per heavy atom. The summed E-state index contributed by atoms with van der Waals surface area (Å²) >= 11 is 0. The second-order valence-corrected chi connectivity index (χ2v) is 7.73. The van der Waals surface area contributed by atoms with Crippen molar-refractivity contribution in [3.8, 4) is 0 Å². The van der Waals surface area contributed by atoms with Gasteiger partial charge >= 0.3 is 6.18 Å². The second-order valence-electron chi connectivity index (χ2n) is 7.73. The van der Waals surface area contributed by atoms with Gasteiger partial charge in [0.1, 0.15) is 17.7 Å². The van der Waals surface area contributed by atoms with Gasteiger partial charge in [0, 0.05) is 25.5 Å². The molecular formula is C19H28F4N2O. The number of halogens is 4. The molecule has 0 aromatic carbocycles. The number of alkyl halides is 4. The molecule has 0 aliphatic heterocycles. The van der Waals surface area contributed by atoms with Gasteiger partial charge in [-0.25, -0.2) is 9.37 Å². The Labute approximate surface area is 152 Å². The van der Waals surface area contributed by atoms with Crippen molar-refractivity contribution in [1.29, 1.82) is 0 Å². The van der Waals surface area contributed by atoms with Gasteiger partial charge < -0.3 is 9.30 Å². The third kappa shape index (κ3) is 4.41. The Hall–Kier alpha value is -1.11. The highest BCUT2D eigenvalue weighted by Crippen LogP contribution is 2.38. The van der Waals surface area contributed by atoms with E-state index >= 15 is 0 Å². The molecule has 2 fully saturated rings. The third-order valence-corrected chi connectivity index (χ3v) is 6.01. The van der Waals surface area contributed by atoms with E-state index in [1.165, 1.54) is 4.57 Å². The van der Waals surface area contributed by atoms with Gasteiger partial charge in [0.15, 0.2) is 0 Å². The molecule has 2 aliphatic rings. The molecule has 0 amide bonds. The van der Waals surface area contributed by atoms with Crippen LogP contribution in [0.3, 0.4) is 0 Å². The molecule has 3 rings (SSSR count). The molecule has 1 aromatic heterocycles. The maximum absolute atomic E-state index is 13.6. The minimum Gasteiger partial charge on any atom is -0.381 e. The summed E-state index contributed by atoms with van der Waals surface area (Å²) in [5, 5.41) is 0. The van der Waals surface area contributed by atoms with Crippen molar-refractivity contribution >= 4 is 0 Å². The van der Waals surface area contributed by atoms with Gasteiger partial charge in [-0.05, 0) is 38.5 Å². The second kappa shape index (κ2) is 8.28. The number of hydrogen-bond donors (Lipinski definition) is 0. The Balaban J connectivity index is 1.88. The molecule has 0 saturated heterocycles. The van der Waals surface area contributed by atoms with Crippen molar-refractivity contribution in [2.75, 3.05) is 7.11 Å². The number of nitrogens with zero attached hydrogens (tertiary/aromatic N) is 2. The molecule has 0 bridgehead atoms. The average molecular weight is 376 g/mol. The first-order valence-corrected chi connectivity index (χ1v) is 9.69. The lowest BCUT2D eigenvalue weighted by molar-refractivity contribution is -0.144. The molecule has 1 aromatic rings. The van der Waals surface area contributed by atoms with E-state index in [1.807, 2.05) is 0 Å². The lowest BCUT2D eigenvalue weighted by Crippen LogP contribution is -2.29. The van der Waals surface area contributed by atoms with Gasteiger partial charge in [0.05, 0.1) is 12.3 Å². The van der Waals surface area contributed by atoms with Gasteiger partial charge in [0.2, 0.25) is 0 Å². The fourth-order valence-corrected chi connectivity index (χ4v) is 4.55. The van der Waals surface area contributed by atoms with E-state index in [4.69, 9.17) is 4.74 Å². The van der Waals surface area contributed by atoms with Gasteiger partial charge in [-0.1, -0.05) is 19.3 Å². The van der Waals surface area contributed by atoms with Crippen molar-refractivity contribution < 1.29 is 22.3 Å². The van der Waals surface area contributed by atoms with Crippen LogP contribution in [-0.2, 0) is 17.5 Å². The summed E-state index contributed by atoms with van der Waals surface area (Å²) in [5.74, 6) is 0.433. The summed E-state index contributed by atoms with van der Waals surface area (Å²) in [4.78, 5) is 4.15. The first-order chi connectivity index (χ1) is 12.4. The molecule has 2 aliphatic carbocycles. The maximum atomic E-state index is 13.6. The van der Waals surface area contributed by atoms with Crippen LogP contribution in [0.2, 0.25) is 0 Å². The number of hydrogen-bond acceptors (Lipinski definition) is 2. The molecule has 2 atom stereocenters. The molecule has 0 N–H and O–H groups in total. The van der Waals surface area contributed by atoms with Crippen LogP contribution in [-0.4, -0.2) is 28.9 Å². The first-order valence-electron chi connectivity index (χ1n) is 9.69. The Bertz CT molecular complexity index is 579. The normalized spacial score (nSPS) is 31.0. The number of aromatic nitrogens is 2. The summed E-state index contributed by atoms with van der Waals surface area (Å²) in [5.41, 5.74) is -0.686. The lowest BCUT2D eigenvalue weighted by Gasteiger charge is -2.29. The molecule has 1 heterocycles. The van der Waals surface area contributed by atoms with E-state index in [-0.39, 0.29) is 24.5 Å². The minimum absolute atomic E-state index is 0.0181. The molecule has 0 radical (unpaired) electrons. The standard InChI is InChI=1S/C19H28F4N2O/c1-26-16-6-4-2-3-5-14(16)12-25-17(19(21,22)23)11-24-18(25)13-7-9-15(20)10-8-13/h11,13-16H,2-10,12H2,1H3. The van der Waals surface area contributed by atoms with E-state index in [0.29, 0.717) is 31.5 Å². The van der Waals surface area contributed by atoms with Crippen LogP contribution in [0.4, 0.5) is 17.6 Å². The van der Waals surface area contributed by atoms with Crippen molar-refractivity contribution in [1.82, 2.24) is 9.55 Å². The Kier molecular flexibility index (Phi) is 6.25. The average Bonchev–Trinajstić information content (AvgIpc) is 2.88. The van der Waals surface area contributed by atoms with E-state index in [0.717, 1.165) is 38.3 Å². The zero-order valence-electron chi connectivity index (χ0n) is 15.3. The highest BCUT2D eigenvalue weighted by molar-refractivity contribution is 5.14. The third-order valence-electron chi connectivity index (χ3n) is 6.01. The molecule has 0 spiro atoms. The molecule has 2 unspecified atom stereocenters. The van der Waals surface area contributed by atoms with E-state index in [9.17, 15) is 17.6 Å². The predicted molar refractivity (Wildman–Crippen MR) is 90.7 cm³/mol. The first kappa shape index (κ1) is 19.6. The van der Waals surface area contributed by atoms with Crippen LogP contribution in [0, 0.1) is 5.92 Å². The highest BCUT2D eigenvalue weighted by Gasteiger charge is 2.39. The summed E-state index contributed by atoms with van der Waals surface area (Å²) in [6.07, 6.45) is 2.52. The van der Waals surface area contributed by atoms with Crippen LogP contribution in [0.15, 0.2) is 6.20 Å². The molecule has 2 saturated carbocycles. The van der Waals surface area contributed by atoms with Crippen molar-refractivity contribution in [3.63, 3.8) is 0 Å². The number of rotatable bonds is 4. The van der Waals surface area contributed by atoms with Crippen LogP contribution in [0.25, 0.3) is 0 Å². The van der Waals surface area contributed by atoms with E-state index in [1.54, 1.807) is 7.11 Å². The zero-order chi connectivity index (χ0) is 18.7. The molecular weight excluding hydrogens is 348 g/mol. The van der Waals surface area contributed by atoms with Crippen molar-refractivity contribution in [2.24, 2.45) is 5.92 Å². The van der Waals surface area contributed by atoms with E-state index < -0.39 is 18.0 Å². The predicted octanol–water partition coefficient (Wildman–Crippen LogP) is 5.49. The van der Waals surface area contributed by atoms with Crippen LogP contribution >= 0.6 is 0 Å². The SMILES string of the molecule is COC1CCCCCC1Cn1c(C(F)(F)F)cnc1C1CCC(F)CC1. The fraction of sp³-hybridized carbons (Fsp3) is 0.842. The quantitative estimate of drug-likeness (QED) is 0.513. The monoisotopic (exact) mass is 376 g/mol. The van der Waals surface area contributed by atoms with Crippen LogP contribution in [0.1, 0.15) is 75.2 Å². The number of ether oxygens (including phenoxy) is 1. The van der Waals surface area contributed by atoms with Gasteiger partial charge in [-0.2, -0.15) is 13.2 Å². The van der Waals surface area contributed by atoms with Crippen LogP contribution in [0.5, 0.6) is 0 Å². The topological polar surface area (TPSA) is 27.1 Å². The summed E-state index contributed by atoms with van der Waals surface area (Å²) in [6.45, 7) is 0.276. The number of imidazole rings is 1. The van der Waals surface area contributed by atoms with E-state index in [2.05, 4.69) is 4.98 Å². The molecule has 26 heavy (non-hydrogen) atoms. The summed E-state index contributed by atoms with van der Waals surface area (Å²) < 4.78 is 61.1. The van der Waals surface area contributed by atoms with Gasteiger partial charge in [0.25, 0.3) is 0 Å². The minimum atomic E-state index is -4.43.